The van der Waals surface area contributed by atoms with Gasteiger partial charge in [0.15, 0.2) is 5.82 Å². The first-order chi connectivity index (χ1) is 9.69. The van der Waals surface area contributed by atoms with Crippen LogP contribution in [-0.2, 0) is 11.2 Å². The van der Waals surface area contributed by atoms with E-state index in [1.165, 1.54) is 11.8 Å². The number of fused-ring (bicyclic) bond motifs is 1. The van der Waals surface area contributed by atoms with E-state index in [1.54, 1.807) is 16.0 Å². The predicted molar refractivity (Wildman–Crippen MR) is 77.6 cm³/mol. The molecule has 0 spiro atoms. The lowest BCUT2D eigenvalue weighted by molar-refractivity contribution is -0.136. The van der Waals surface area contributed by atoms with Gasteiger partial charge in [-0.05, 0) is 11.4 Å². The Kier molecular flexibility index (Phi) is 3.58. The third-order valence-electron chi connectivity index (χ3n) is 2.89. The average Bonchev–Trinajstić information content (AvgIpc) is 3.05. The van der Waals surface area contributed by atoms with Crippen LogP contribution in [0.15, 0.2) is 27.8 Å². The van der Waals surface area contributed by atoms with Crippen LogP contribution in [0.5, 0.6) is 0 Å². The number of carboxylic acid groups (broad SMARTS) is 1. The maximum Gasteiger partial charge on any atom is 0.304 e. The van der Waals surface area contributed by atoms with E-state index < -0.39 is 5.97 Å². The lowest BCUT2D eigenvalue weighted by atomic mass is 10.1. The molecule has 3 rings (SSSR count). The first kappa shape index (κ1) is 13.3. The molecule has 0 aliphatic carbocycles. The number of hydrogen-bond donors (Lipinski definition) is 1. The quantitative estimate of drug-likeness (QED) is 0.935. The number of rotatable bonds is 4. The zero-order chi connectivity index (χ0) is 14.1. The molecule has 0 radical (unpaired) electrons. The van der Waals surface area contributed by atoms with E-state index in [0.29, 0.717) is 5.16 Å². The topological polar surface area (TPSA) is 80.4 Å². The zero-order valence-electron chi connectivity index (χ0n) is 10.7. The highest BCUT2D eigenvalue weighted by atomic mass is 32.2. The van der Waals surface area contributed by atoms with Crippen molar-refractivity contribution in [1.29, 1.82) is 0 Å². The highest BCUT2D eigenvalue weighted by Crippen LogP contribution is 2.33. The van der Waals surface area contributed by atoms with Gasteiger partial charge in [-0.1, -0.05) is 24.8 Å². The van der Waals surface area contributed by atoms with Crippen molar-refractivity contribution < 1.29 is 9.90 Å². The van der Waals surface area contributed by atoms with Crippen LogP contribution in [0.3, 0.4) is 0 Å². The molecule has 8 heteroatoms. The van der Waals surface area contributed by atoms with E-state index in [9.17, 15) is 4.79 Å². The van der Waals surface area contributed by atoms with Crippen LogP contribution < -0.4 is 0 Å². The molecule has 0 saturated carbocycles. The molecule has 0 amide bonds. The van der Waals surface area contributed by atoms with E-state index in [2.05, 4.69) is 15.3 Å². The predicted octanol–water partition coefficient (Wildman–Crippen LogP) is 2.10. The molecular formula is C12H12N4O2S2. The van der Waals surface area contributed by atoms with Crippen molar-refractivity contribution in [3.63, 3.8) is 0 Å². The van der Waals surface area contributed by atoms with Crippen molar-refractivity contribution in [2.45, 2.75) is 30.2 Å². The summed E-state index contributed by atoms with van der Waals surface area (Å²) in [4.78, 5) is 12.0. The van der Waals surface area contributed by atoms with Crippen LogP contribution in [0.25, 0.3) is 0 Å². The Bertz CT molecular complexity index is 663. The summed E-state index contributed by atoms with van der Waals surface area (Å²) in [6, 6.07) is 3.90. The van der Waals surface area contributed by atoms with Crippen molar-refractivity contribution in [1.82, 2.24) is 14.9 Å². The van der Waals surface area contributed by atoms with Crippen LogP contribution in [0.1, 0.15) is 24.0 Å². The zero-order valence-corrected chi connectivity index (χ0v) is 12.3. The highest BCUT2D eigenvalue weighted by Gasteiger charge is 2.30. The molecule has 1 aliphatic heterocycles. The maximum absolute atomic E-state index is 11.0. The van der Waals surface area contributed by atoms with Gasteiger partial charge in [-0.3, -0.25) is 4.79 Å². The van der Waals surface area contributed by atoms with Crippen LogP contribution >= 0.6 is 23.1 Å². The number of aliphatic carboxylic acids is 1. The fraction of sp³-hybridized carbons (Fsp3) is 0.333. The van der Waals surface area contributed by atoms with Crippen molar-refractivity contribution in [3.05, 3.63) is 28.2 Å². The number of hydrogen-bond acceptors (Lipinski definition) is 6. The molecule has 0 fully saturated rings. The number of carboxylic acids is 1. The molecule has 2 aromatic rings. The molecule has 0 saturated heterocycles. The maximum atomic E-state index is 11.0. The van der Waals surface area contributed by atoms with Gasteiger partial charge in [-0.25, -0.2) is 0 Å². The molecule has 3 heterocycles. The first-order valence-electron chi connectivity index (χ1n) is 6.14. The number of thioether (sulfide) groups is 1. The van der Waals surface area contributed by atoms with E-state index in [-0.39, 0.29) is 11.7 Å². The molecule has 20 heavy (non-hydrogen) atoms. The summed E-state index contributed by atoms with van der Waals surface area (Å²) in [5, 5.41) is 24.2. The Labute approximate surface area is 123 Å². The van der Waals surface area contributed by atoms with E-state index >= 15 is 0 Å². The van der Waals surface area contributed by atoms with Crippen molar-refractivity contribution in [2.24, 2.45) is 5.10 Å². The Balaban J connectivity index is 2.06. The first-order valence-corrected chi connectivity index (χ1v) is 7.90. The largest absolute Gasteiger partial charge is 0.481 e. The normalized spacial score (nSPS) is 17.6. The molecule has 1 aliphatic rings. The Morgan fingerprint density at radius 2 is 2.35 bits per heavy atom. The van der Waals surface area contributed by atoms with Gasteiger partial charge in [-0.2, -0.15) is 9.78 Å². The van der Waals surface area contributed by atoms with Gasteiger partial charge in [0.2, 0.25) is 5.16 Å². The number of thiophene rings is 1. The minimum atomic E-state index is -0.838. The third-order valence-corrected chi connectivity index (χ3v) is 4.92. The van der Waals surface area contributed by atoms with E-state index in [0.717, 1.165) is 22.8 Å². The Morgan fingerprint density at radius 3 is 3.00 bits per heavy atom. The van der Waals surface area contributed by atoms with Gasteiger partial charge in [0.25, 0.3) is 0 Å². The summed E-state index contributed by atoms with van der Waals surface area (Å²) < 4.78 is 1.72. The highest BCUT2D eigenvalue weighted by molar-refractivity contribution is 8.00. The van der Waals surface area contributed by atoms with Crippen LogP contribution in [0.4, 0.5) is 0 Å². The standard InChI is InChI=1S/C12H12N4O2S2/c1-2-9-13-14-12-16(9)15-11(7-4-3-5-19-7)8(20-12)6-10(17)18/h3-5,8H,2,6H2,1H3,(H,17,18). The Morgan fingerprint density at radius 1 is 1.50 bits per heavy atom. The molecule has 1 unspecified atom stereocenters. The number of aryl methyl sites for hydroxylation is 1. The molecule has 1 atom stereocenters. The van der Waals surface area contributed by atoms with Gasteiger partial charge in [0.1, 0.15) is 0 Å². The fourth-order valence-electron chi connectivity index (χ4n) is 1.97. The summed E-state index contributed by atoms with van der Waals surface area (Å²) in [6.07, 6.45) is 0.758. The van der Waals surface area contributed by atoms with Crippen LogP contribution in [0, 0.1) is 0 Å². The second-order valence-electron chi connectivity index (χ2n) is 4.23. The van der Waals surface area contributed by atoms with Gasteiger partial charge in [0.05, 0.1) is 22.3 Å². The van der Waals surface area contributed by atoms with Crippen LogP contribution in [0.2, 0.25) is 0 Å². The fourth-order valence-corrected chi connectivity index (χ4v) is 3.91. The molecule has 1 N–H and O–H groups in total. The summed E-state index contributed by atoms with van der Waals surface area (Å²) in [6.45, 7) is 1.99. The smallest absolute Gasteiger partial charge is 0.304 e. The monoisotopic (exact) mass is 308 g/mol. The lowest BCUT2D eigenvalue weighted by Gasteiger charge is -2.20. The number of nitrogens with zero attached hydrogens (tertiary/aromatic N) is 4. The van der Waals surface area contributed by atoms with Gasteiger partial charge in [0, 0.05) is 6.42 Å². The molecule has 6 nitrogen and oxygen atoms in total. The molecule has 0 aromatic carbocycles. The van der Waals surface area contributed by atoms with Gasteiger partial charge < -0.3 is 5.11 Å². The Hall–Kier alpha value is -1.67. The molecular weight excluding hydrogens is 296 g/mol. The summed E-state index contributed by atoms with van der Waals surface area (Å²) in [5.41, 5.74) is 0.786. The summed E-state index contributed by atoms with van der Waals surface area (Å²) in [5.74, 6) is -0.0502. The second-order valence-corrected chi connectivity index (χ2v) is 6.35. The van der Waals surface area contributed by atoms with Crippen molar-refractivity contribution >= 4 is 34.8 Å². The number of aromatic nitrogens is 3. The third kappa shape index (κ3) is 2.36. The minimum absolute atomic E-state index is 0.0235. The van der Waals surface area contributed by atoms with E-state index in [4.69, 9.17) is 5.11 Å². The number of carbonyl (C=O) groups is 1. The van der Waals surface area contributed by atoms with Gasteiger partial charge in [-0.15, -0.1) is 21.5 Å². The van der Waals surface area contributed by atoms with Gasteiger partial charge >= 0.3 is 5.97 Å². The van der Waals surface area contributed by atoms with E-state index in [1.807, 2.05) is 24.4 Å². The average molecular weight is 308 g/mol. The molecule has 0 bridgehead atoms. The van der Waals surface area contributed by atoms with Crippen LogP contribution in [-0.4, -0.2) is 36.9 Å². The summed E-state index contributed by atoms with van der Waals surface area (Å²) >= 11 is 2.97. The molecule has 104 valence electrons. The minimum Gasteiger partial charge on any atom is -0.481 e. The lowest BCUT2D eigenvalue weighted by Crippen LogP contribution is -2.26. The van der Waals surface area contributed by atoms with Crippen molar-refractivity contribution in [3.8, 4) is 0 Å². The molecule has 2 aromatic heterocycles. The van der Waals surface area contributed by atoms with Crippen molar-refractivity contribution in [2.75, 3.05) is 0 Å². The second kappa shape index (κ2) is 5.37. The SMILES string of the molecule is CCc1nnc2n1N=C(c1cccs1)C(CC(=O)O)S2. The summed E-state index contributed by atoms with van der Waals surface area (Å²) in [7, 11) is 0.